The number of carbonyl (C=O) groups excluding carboxylic acids is 9. The van der Waals surface area contributed by atoms with Gasteiger partial charge in [-0.05, 0) is 178 Å². The van der Waals surface area contributed by atoms with Gasteiger partial charge in [-0.15, -0.1) is 0 Å². The lowest BCUT2D eigenvalue weighted by atomic mass is 10.0. The molecule has 0 aliphatic carbocycles. The lowest BCUT2D eigenvalue weighted by Crippen LogP contribution is -2.52. The van der Waals surface area contributed by atoms with E-state index < -0.39 is 12.1 Å². The Labute approximate surface area is 674 Å². The molecule has 26 nitrogen and oxygen atoms in total. The molecule has 13 rings (SSSR count). The third-order valence-electron chi connectivity index (χ3n) is 22.4. The molecule has 4 fully saturated rings. The number of ether oxygens (including phenoxy) is 4. The molecule has 5 aromatic carbocycles. The van der Waals surface area contributed by atoms with Gasteiger partial charge < -0.3 is 63.0 Å². The van der Waals surface area contributed by atoms with Crippen LogP contribution in [0.5, 0.6) is 5.75 Å². The molecule has 0 saturated carbocycles. The molecule has 4 saturated heterocycles. The maximum Gasteiger partial charge on any atom is 0.415 e. The van der Waals surface area contributed by atoms with Crippen LogP contribution in [0.15, 0.2) is 116 Å². The van der Waals surface area contributed by atoms with Crippen LogP contribution >= 0.6 is 0 Å². The number of nitrogens with zero attached hydrogens (tertiary/aromatic N) is 13. The van der Waals surface area contributed by atoms with Gasteiger partial charge in [0.05, 0.1) is 6.54 Å². The maximum absolute atomic E-state index is 13.3. The molecule has 616 valence electrons. The number of esters is 1. The highest BCUT2D eigenvalue weighted by Crippen LogP contribution is 2.37. The minimum atomic E-state index is -0.448. The Morgan fingerprint density at radius 2 is 0.632 bits per heavy atom. The predicted octanol–water partition coefficient (Wildman–Crippen LogP) is 10.5. The number of para-hydroxylation sites is 1. The van der Waals surface area contributed by atoms with E-state index in [9.17, 15) is 43.2 Å². The number of carbonyl (C=O) groups is 9. The number of hydrogen-bond acceptors (Lipinski definition) is 18. The highest BCUT2D eigenvalue weighted by Gasteiger charge is 2.39. The molecule has 0 atom stereocenters. The standard InChI is InChI=1S/C24H29N3O3.C22H31N3O5.C21H32N4O2.C21H29N3O3/c1-24(2,3)27-16-18-8-7-11-20(21(18)17-27)22(28)25-12-14-26(15-13-25)23(29)30-19-9-5-4-6-10-19;1-16(26)29-12-13-30-21(28)24-10-8-23(9-11-24)20(27)18-7-5-6-17-14-25(15-19(17)18)22(2,3)4;1-21(2,3)25-13-16-7-6-8-17(18(16)14-25)20(27)24-11-9-23(10-12-24)19(26)15-22(4)5;1-5-13-27-20(26)23-11-9-22(10-12-23)19(25)17-8-6-7-16-14-24(15-18(16)17)21(2,3)4/h4-11H,12-17H2,1-3H3;5-7H,8-15H2,1-4H3;6-8H,9-15H2,1-5H3;5-8H,1,9-15H2,2-4H3. The van der Waals surface area contributed by atoms with Crippen LogP contribution in [0.2, 0.25) is 0 Å². The van der Waals surface area contributed by atoms with Crippen molar-refractivity contribution in [3.63, 3.8) is 0 Å². The first-order chi connectivity index (χ1) is 54.0. The number of likely N-dealkylation sites (N-methyl/N-ethyl adjacent to an activating group) is 1. The molecule has 26 heteroatoms. The Morgan fingerprint density at radius 1 is 0.351 bits per heavy atom. The molecule has 0 N–H and O–H groups in total. The first-order valence-corrected chi connectivity index (χ1v) is 40.1. The second-order valence-electron chi connectivity index (χ2n) is 34.6. The average Bonchev–Trinajstić information content (AvgIpc) is 1.62. The molecule has 0 radical (unpaired) electrons. The molecule has 8 amide bonds. The van der Waals surface area contributed by atoms with Crippen molar-refractivity contribution in [3.05, 3.63) is 183 Å². The third kappa shape index (κ3) is 22.2. The number of benzene rings is 5. The Bertz CT molecular complexity index is 4260. The normalized spacial score (nSPS) is 17.4. The summed E-state index contributed by atoms with van der Waals surface area (Å²) in [5, 5.41) is 0. The van der Waals surface area contributed by atoms with Crippen molar-refractivity contribution in [2.75, 3.05) is 145 Å². The second-order valence-corrected chi connectivity index (χ2v) is 34.6. The van der Waals surface area contributed by atoms with Crippen LogP contribution in [0.1, 0.15) is 176 Å². The van der Waals surface area contributed by atoms with Crippen molar-refractivity contribution in [1.82, 2.24) is 63.7 Å². The van der Waals surface area contributed by atoms with Crippen LogP contribution in [0.25, 0.3) is 0 Å². The van der Waals surface area contributed by atoms with Crippen molar-refractivity contribution >= 4 is 53.8 Å². The van der Waals surface area contributed by atoms with E-state index in [0.29, 0.717) is 117 Å². The van der Waals surface area contributed by atoms with E-state index in [1.165, 1.54) is 34.7 Å². The number of amides is 8. The van der Waals surface area contributed by atoms with Gasteiger partial charge in [-0.1, -0.05) is 79.4 Å². The van der Waals surface area contributed by atoms with Gasteiger partial charge in [0, 0.05) is 208 Å². The largest absolute Gasteiger partial charge is 0.462 e. The van der Waals surface area contributed by atoms with E-state index >= 15 is 0 Å². The summed E-state index contributed by atoms with van der Waals surface area (Å²) >= 11 is 0. The number of rotatable bonds is 12. The van der Waals surface area contributed by atoms with Gasteiger partial charge in [-0.25, -0.2) is 14.4 Å². The molecule has 0 aromatic heterocycles. The lowest BCUT2D eigenvalue weighted by Gasteiger charge is -2.35. The molecular formula is C88H121N13O13. The van der Waals surface area contributed by atoms with Crippen LogP contribution in [-0.2, 0) is 76.2 Å². The molecule has 0 unspecified atom stereocenters. The third-order valence-corrected chi connectivity index (χ3v) is 22.4. The van der Waals surface area contributed by atoms with Crippen molar-refractivity contribution in [2.24, 2.45) is 0 Å². The van der Waals surface area contributed by atoms with Crippen LogP contribution in [0.3, 0.4) is 0 Å². The van der Waals surface area contributed by atoms with E-state index in [4.69, 9.17) is 18.9 Å². The summed E-state index contributed by atoms with van der Waals surface area (Å²) in [5.74, 6) is 0.488. The average molecular weight is 1570 g/mol. The summed E-state index contributed by atoms with van der Waals surface area (Å²) in [4.78, 5) is 138. The van der Waals surface area contributed by atoms with Crippen LogP contribution in [0, 0.1) is 0 Å². The van der Waals surface area contributed by atoms with Gasteiger partial charge in [0.2, 0.25) is 5.91 Å². The van der Waals surface area contributed by atoms with Crippen LogP contribution in [-0.4, -0.2) is 285 Å². The first kappa shape index (κ1) is 86.7. The SMILES string of the molecule is C=CCOC(=O)N1CCN(C(=O)c2cccc3c2CN(C(C)(C)C)C3)CC1.CC(=O)OCCOC(=O)N1CCN(C(=O)c2cccc3c2CN(C(C)(C)C)C3)CC1.CC(C)(C)N1Cc2cccc(C(=O)N3CCN(C(=O)Oc4ccccc4)CC3)c2C1.CN(C)CC(=O)N1CCN(C(=O)c2cccc3c2CN(C(C)(C)C)C3)CC1. The van der Waals surface area contributed by atoms with Gasteiger partial charge in [-0.2, -0.15) is 0 Å². The van der Waals surface area contributed by atoms with Crippen molar-refractivity contribution in [1.29, 1.82) is 0 Å². The minimum absolute atomic E-state index is 0.0190. The fourth-order valence-electron chi connectivity index (χ4n) is 15.2. The molecule has 8 aliphatic heterocycles. The zero-order chi connectivity index (χ0) is 82.6. The van der Waals surface area contributed by atoms with Crippen molar-refractivity contribution in [3.8, 4) is 5.75 Å². The number of piperazine rings is 4. The molecule has 8 heterocycles. The van der Waals surface area contributed by atoms with Gasteiger partial charge in [-0.3, -0.25) is 48.4 Å². The summed E-state index contributed by atoms with van der Waals surface area (Å²) in [5.41, 5.74) is 12.9. The molecular weight excluding hydrogens is 1450 g/mol. The quantitative estimate of drug-likeness (QED) is 0.0489. The summed E-state index contributed by atoms with van der Waals surface area (Å²) in [6, 6.07) is 33.2. The molecule has 0 bridgehead atoms. The smallest absolute Gasteiger partial charge is 0.415 e. The summed E-state index contributed by atoms with van der Waals surface area (Å²) in [7, 11) is 3.79. The van der Waals surface area contributed by atoms with Crippen molar-refractivity contribution < 1.29 is 62.1 Å². The van der Waals surface area contributed by atoms with E-state index in [1.807, 2.05) is 105 Å². The van der Waals surface area contributed by atoms with Gasteiger partial charge in [0.15, 0.2) is 0 Å². The fraction of sp³-hybridized carbons (Fsp3) is 0.534. The molecule has 8 aliphatic rings. The summed E-state index contributed by atoms with van der Waals surface area (Å²) in [6.45, 7) is 46.8. The molecule has 0 spiro atoms. The van der Waals surface area contributed by atoms with E-state index in [2.05, 4.69) is 134 Å². The van der Waals surface area contributed by atoms with E-state index in [-0.39, 0.29) is 83.7 Å². The minimum Gasteiger partial charge on any atom is -0.462 e. The highest BCUT2D eigenvalue weighted by atomic mass is 16.6. The molecule has 114 heavy (non-hydrogen) atoms. The number of hydrogen-bond donors (Lipinski definition) is 0. The topological polar surface area (TPSA) is 233 Å². The highest BCUT2D eigenvalue weighted by molar-refractivity contribution is 5.98. The van der Waals surface area contributed by atoms with Crippen molar-refractivity contribution in [2.45, 2.75) is 165 Å². The van der Waals surface area contributed by atoms with Gasteiger partial charge >= 0.3 is 24.2 Å². The monoisotopic (exact) mass is 1570 g/mol. The first-order valence-electron chi connectivity index (χ1n) is 40.1. The second kappa shape index (κ2) is 37.7. The van der Waals surface area contributed by atoms with E-state index in [1.54, 1.807) is 37.8 Å². The fourth-order valence-corrected chi connectivity index (χ4v) is 15.2. The van der Waals surface area contributed by atoms with E-state index in [0.717, 1.165) is 91.3 Å². The zero-order valence-corrected chi connectivity index (χ0v) is 70.0. The predicted molar refractivity (Wildman–Crippen MR) is 437 cm³/mol. The zero-order valence-electron chi connectivity index (χ0n) is 70.0. The Hall–Kier alpha value is -9.73. The summed E-state index contributed by atoms with van der Waals surface area (Å²) < 4.78 is 20.4. The van der Waals surface area contributed by atoms with Crippen LogP contribution < -0.4 is 4.74 Å². The number of fused-ring (bicyclic) bond motifs is 4. The lowest BCUT2D eigenvalue weighted by molar-refractivity contribution is -0.142. The Balaban J connectivity index is 0.000000161. The van der Waals surface area contributed by atoms with Gasteiger partial charge in [0.1, 0.15) is 25.6 Å². The molecule has 5 aromatic rings. The maximum atomic E-state index is 13.3. The Kier molecular flexibility index (Phi) is 28.7. The van der Waals surface area contributed by atoms with Crippen LogP contribution in [0.4, 0.5) is 14.4 Å². The summed E-state index contributed by atoms with van der Waals surface area (Å²) in [6.07, 6.45) is 0.392. The van der Waals surface area contributed by atoms with Gasteiger partial charge in [0.25, 0.3) is 23.6 Å². The Morgan fingerprint density at radius 3 is 0.921 bits per heavy atom.